The summed E-state index contributed by atoms with van der Waals surface area (Å²) in [5.74, 6) is 0.605. The normalized spacial score (nSPS) is 10.4. The smallest absolute Gasteiger partial charge is 0.170 e. The van der Waals surface area contributed by atoms with Gasteiger partial charge in [-0.05, 0) is 18.2 Å². The standard InChI is InChI=1S/C12H14N2O2/c1-14(2)8-4-5-10-9(6-8)12(16-3)11(7-15)13-10/h4-7,13H,1-3H3. The van der Waals surface area contributed by atoms with Gasteiger partial charge in [0.05, 0.1) is 7.11 Å². The molecule has 0 atom stereocenters. The number of nitrogens with zero attached hydrogens (tertiary/aromatic N) is 1. The van der Waals surface area contributed by atoms with Crippen LogP contribution in [0.1, 0.15) is 10.5 Å². The zero-order chi connectivity index (χ0) is 11.7. The number of ether oxygens (including phenoxy) is 1. The van der Waals surface area contributed by atoms with Crippen molar-refractivity contribution in [3.8, 4) is 5.75 Å². The van der Waals surface area contributed by atoms with Crippen LogP contribution in [-0.4, -0.2) is 32.5 Å². The van der Waals surface area contributed by atoms with Gasteiger partial charge >= 0.3 is 0 Å². The number of H-pyrrole nitrogens is 1. The predicted octanol–water partition coefficient (Wildman–Crippen LogP) is 2.05. The van der Waals surface area contributed by atoms with Crippen molar-refractivity contribution in [2.75, 3.05) is 26.1 Å². The van der Waals surface area contributed by atoms with Crippen molar-refractivity contribution in [1.29, 1.82) is 0 Å². The Balaban J connectivity index is 2.70. The second kappa shape index (κ2) is 3.89. The Morgan fingerprint density at radius 2 is 2.12 bits per heavy atom. The van der Waals surface area contributed by atoms with E-state index in [2.05, 4.69) is 4.98 Å². The third kappa shape index (κ3) is 1.52. The van der Waals surface area contributed by atoms with Crippen molar-refractivity contribution in [2.24, 2.45) is 0 Å². The molecule has 0 saturated heterocycles. The van der Waals surface area contributed by atoms with Crippen molar-refractivity contribution in [2.45, 2.75) is 0 Å². The fraction of sp³-hybridized carbons (Fsp3) is 0.250. The van der Waals surface area contributed by atoms with Crippen LogP contribution >= 0.6 is 0 Å². The first kappa shape index (κ1) is 10.5. The molecule has 0 aliphatic heterocycles. The summed E-state index contributed by atoms with van der Waals surface area (Å²) in [5, 5.41) is 0.927. The topological polar surface area (TPSA) is 45.3 Å². The summed E-state index contributed by atoms with van der Waals surface area (Å²) in [6, 6.07) is 5.94. The number of hydrogen-bond acceptors (Lipinski definition) is 3. The summed E-state index contributed by atoms with van der Waals surface area (Å²) in [7, 11) is 5.51. The van der Waals surface area contributed by atoms with Crippen molar-refractivity contribution >= 4 is 22.9 Å². The number of nitrogens with one attached hydrogen (secondary N) is 1. The molecule has 84 valence electrons. The Kier molecular flexibility index (Phi) is 2.56. The van der Waals surface area contributed by atoms with Gasteiger partial charge in [-0.3, -0.25) is 4.79 Å². The van der Waals surface area contributed by atoms with Crippen LogP contribution in [0.25, 0.3) is 10.9 Å². The minimum absolute atomic E-state index is 0.480. The highest BCUT2D eigenvalue weighted by molar-refractivity contribution is 5.97. The van der Waals surface area contributed by atoms with Gasteiger partial charge < -0.3 is 14.6 Å². The molecule has 16 heavy (non-hydrogen) atoms. The summed E-state index contributed by atoms with van der Waals surface area (Å²) >= 11 is 0. The molecule has 2 rings (SSSR count). The molecule has 4 heteroatoms. The van der Waals surface area contributed by atoms with Crippen LogP contribution in [0.4, 0.5) is 5.69 Å². The number of benzene rings is 1. The lowest BCUT2D eigenvalue weighted by Gasteiger charge is -2.12. The van der Waals surface area contributed by atoms with E-state index in [-0.39, 0.29) is 0 Å². The van der Waals surface area contributed by atoms with Crippen LogP contribution in [0.15, 0.2) is 18.2 Å². The Morgan fingerprint density at radius 1 is 1.38 bits per heavy atom. The molecule has 0 radical (unpaired) electrons. The summed E-state index contributed by atoms with van der Waals surface area (Å²) < 4.78 is 5.24. The number of methoxy groups -OCH3 is 1. The maximum Gasteiger partial charge on any atom is 0.170 e. The van der Waals surface area contributed by atoms with Crippen molar-refractivity contribution in [1.82, 2.24) is 4.98 Å². The van der Waals surface area contributed by atoms with Crippen molar-refractivity contribution < 1.29 is 9.53 Å². The Hall–Kier alpha value is -1.97. The van der Waals surface area contributed by atoms with E-state index >= 15 is 0 Å². The molecule has 0 fully saturated rings. The Bertz CT molecular complexity index is 529. The monoisotopic (exact) mass is 218 g/mol. The second-order valence-electron chi connectivity index (χ2n) is 3.81. The van der Waals surface area contributed by atoms with Crippen molar-refractivity contribution in [3.05, 3.63) is 23.9 Å². The van der Waals surface area contributed by atoms with Crippen LogP contribution < -0.4 is 9.64 Å². The van der Waals surface area contributed by atoms with Gasteiger partial charge in [-0.1, -0.05) is 0 Å². The average Bonchev–Trinajstić information content (AvgIpc) is 2.65. The Labute approximate surface area is 93.8 Å². The largest absolute Gasteiger partial charge is 0.494 e. The van der Waals surface area contributed by atoms with E-state index in [0.717, 1.165) is 22.9 Å². The van der Waals surface area contributed by atoms with Crippen LogP contribution in [0, 0.1) is 0 Å². The molecule has 0 amide bonds. The number of carbonyl (C=O) groups is 1. The van der Waals surface area contributed by atoms with Crippen LogP contribution in [0.3, 0.4) is 0 Å². The Morgan fingerprint density at radius 3 is 2.69 bits per heavy atom. The summed E-state index contributed by atoms with van der Waals surface area (Å²) in [6.07, 6.45) is 0.772. The number of fused-ring (bicyclic) bond motifs is 1. The molecule has 0 aliphatic rings. The van der Waals surface area contributed by atoms with Gasteiger partial charge in [0, 0.05) is 30.7 Å². The van der Waals surface area contributed by atoms with Gasteiger partial charge in [-0.25, -0.2) is 0 Å². The third-order valence-corrected chi connectivity index (χ3v) is 2.60. The number of hydrogen-bond donors (Lipinski definition) is 1. The maximum absolute atomic E-state index is 10.9. The van der Waals surface area contributed by atoms with E-state index in [1.165, 1.54) is 0 Å². The van der Waals surface area contributed by atoms with E-state index in [4.69, 9.17) is 4.74 Å². The van der Waals surface area contributed by atoms with Gasteiger partial charge in [0.15, 0.2) is 12.0 Å². The van der Waals surface area contributed by atoms with Crippen LogP contribution in [0.2, 0.25) is 0 Å². The number of anilines is 1. The van der Waals surface area contributed by atoms with Gasteiger partial charge in [-0.15, -0.1) is 0 Å². The molecule has 1 aromatic heterocycles. The van der Waals surface area contributed by atoms with Gasteiger partial charge in [0.25, 0.3) is 0 Å². The fourth-order valence-electron chi connectivity index (χ4n) is 1.76. The molecule has 1 N–H and O–H groups in total. The molecule has 2 aromatic rings. The van der Waals surface area contributed by atoms with E-state index in [0.29, 0.717) is 11.4 Å². The van der Waals surface area contributed by atoms with Gasteiger partial charge in [0.2, 0.25) is 0 Å². The second-order valence-corrected chi connectivity index (χ2v) is 3.81. The van der Waals surface area contributed by atoms with Gasteiger partial charge in [0.1, 0.15) is 5.69 Å². The highest BCUT2D eigenvalue weighted by atomic mass is 16.5. The molecule has 0 bridgehead atoms. The molecule has 0 spiro atoms. The van der Waals surface area contributed by atoms with Crippen molar-refractivity contribution in [3.63, 3.8) is 0 Å². The quantitative estimate of drug-likeness (QED) is 0.802. The molecular formula is C12H14N2O2. The van der Waals surface area contributed by atoms with E-state index < -0.39 is 0 Å². The minimum atomic E-state index is 0.480. The first-order valence-electron chi connectivity index (χ1n) is 4.99. The third-order valence-electron chi connectivity index (χ3n) is 2.60. The number of aldehydes is 1. The van der Waals surface area contributed by atoms with Gasteiger partial charge in [-0.2, -0.15) is 0 Å². The SMILES string of the molecule is COc1c(C=O)[nH]c2ccc(N(C)C)cc12. The molecule has 1 heterocycles. The van der Waals surface area contributed by atoms with E-state index in [1.54, 1.807) is 7.11 Å². The summed E-state index contributed by atoms with van der Waals surface area (Å²) in [6.45, 7) is 0. The lowest BCUT2D eigenvalue weighted by Crippen LogP contribution is -2.07. The molecule has 1 aromatic carbocycles. The minimum Gasteiger partial charge on any atom is -0.494 e. The first-order chi connectivity index (χ1) is 7.67. The van der Waals surface area contributed by atoms with E-state index in [1.807, 2.05) is 37.2 Å². The highest BCUT2D eigenvalue weighted by Gasteiger charge is 2.11. The summed E-state index contributed by atoms with van der Waals surface area (Å²) in [4.78, 5) is 15.9. The van der Waals surface area contributed by atoms with Crippen LogP contribution in [-0.2, 0) is 0 Å². The molecule has 0 unspecified atom stereocenters. The number of carbonyl (C=O) groups excluding carboxylic acids is 1. The maximum atomic E-state index is 10.9. The first-order valence-corrected chi connectivity index (χ1v) is 4.99. The molecule has 4 nitrogen and oxygen atoms in total. The summed E-state index contributed by atoms with van der Waals surface area (Å²) in [5.41, 5.74) is 2.46. The molecule has 0 aliphatic carbocycles. The number of aromatic nitrogens is 1. The average molecular weight is 218 g/mol. The predicted molar refractivity (Wildman–Crippen MR) is 64.6 cm³/mol. The highest BCUT2D eigenvalue weighted by Crippen LogP contribution is 2.31. The fourth-order valence-corrected chi connectivity index (χ4v) is 1.76. The zero-order valence-corrected chi connectivity index (χ0v) is 9.57. The van der Waals surface area contributed by atoms with Crippen LogP contribution in [0.5, 0.6) is 5.75 Å². The van der Waals surface area contributed by atoms with E-state index in [9.17, 15) is 4.79 Å². The molecule has 0 saturated carbocycles. The molecular weight excluding hydrogens is 204 g/mol. The lowest BCUT2D eigenvalue weighted by molar-refractivity contribution is 0.111. The number of aromatic amines is 1. The number of rotatable bonds is 3. The zero-order valence-electron chi connectivity index (χ0n) is 9.57. The lowest BCUT2D eigenvalue weighted by atomic mass is 10.2.